The highest BCUT2D eigenvalue weighted by atomic mass is 16.5. The lowest BCUT2D eigenvalue weighted by molar-refractivity contribution is -0.148. The van der Waals surface area contributed by atoms with Crippen molar-refractivity contribution in [3.05, 3.63) is 0 Å². The minimum absolute atomic E-state index is 0.0989. The standard InChI is InChI=1S/C16H31N3O2/c1-5-17-16(15(20)21-4)9-8-13(11-16)19(3)12-14-7-6-10-18(14)2/h13-14,17H,5-12H2,1-4H3. The number of ether oxygens (including phenoxy) is 1. The first kappa shape index (κ1) is 16.7. The summed E-state index contributed by atoms with van der Waals surface area (Å²) in [4.78, 5) is 17.1. The molecule has 122 valence electrons. The van der Waals surface area contributed by atoms with Crippen LogP contribution in [0.3, 0.4) is 0 Å². The van der Waals surface area contributed by atoms with Crippen LogP contribution in [0.4, 0.5) is 0 Å². The average Bonchev–Trinajstić information content (AvgIpc) is 3.07. The summed E-state index contributed by atoms with van der Waals surface area (Å²) >= 11 is 0. The van der Waals surface area contributed by atoms with E-state index in [4.69, 9.17) is 4.74 Å². The van der Waals surface area contributed by atoms with Gasteiger partial charge in [0.25, 0.3) is 0 Å². The third-order valence-electron chi connectivity index (χ3n) is 5.37. The molecule has 2 aliphatic rings. The molecule has 0 amide bonds. The summed E-state index contributed by atoms with van der Waals surface area (Å²) in [6.45, 7) is 5.17. The minimum atomic E-state index is -0.468. The van der Waals surface area contributed by atoms with Gasteiger partial charge in [-0.25, -0.2) is 0 Å². The molecule has 5 nitrogen and oxygen atoms in total. The number of nitrogens with one attached hydrogen (secondary N) is 1. The Balaban J connectivity index is 1.94. The quantitative estimate of drug-likeness (QED) is 0.744. The van der Waals surface area contributed by atoms with Gasteiger partial charge in [-0.05, 0) is 59.3 Å². The normalized spacial score (nSPS) is 33.8. The van der Waals surface area contributed by atoms with Crippen molar-refractivity contribution in [1.29, 1.82) is 0 Å². The lowest BCUT2D eigenvalue weighted by atomic mass is 9.97. The Hall–Kier alpha value is -0.650. The van der Waals surface area contributed by atoms with Gasteiger partial charge in [0, 0.05) is 18.6 Å². The predicted octanol–water partition coefficient (Wildman–Crippen LogP) is 1.09. The summed E-state index contributed by atoms with van der Waals surface area (Å²) in [6, 6.07) is 1.14. The van der Waals surface area contributed by atoms with Crippen molar-refractivity contribution < 1.29 is 9.53 Å². The summed E-state index contributed by atoms with van der Waals surface area (Å²) in [5.74, 6) is -0.0989. The zero-order chi connectivity index (χ0) is 15.5. The highest BCUT2D eigenvalue weighted by Gasteiger charge is 2.46. The third-order valence-corrected chi connectivity index (χ3v) is 5.37. The van der Waals surface area contributed by atoms with Gasteiger partial charge in [0.1, 0.15) is 5.54 Å². The molecule has 0 spiro atoms. The maximum atomic E-state index is 12.2. The van der Waals surface area contributed by atoms with Gasteiger partial charge in [-0.3, -0.25) is 4.79 Å². The molecular weight excluding hydrogens is 266 g/mol. The van der Waals surface area contributed by atoms with E-state index in [0.717, 1.165) is 32.4 Å². The van der Waals surface area contributed by atoms with Gasteiger partial charge in [-0.15, -0.1) is 0 Å². The SMILES string of the molecule is CCNC1(C(=O)OC)CCC(N(C)CC2CCCN2C)C1. The second-order valence-corrected chi connectivity index (χ2v) is 6.72. The van der Waals surface area contributed by atoms with Crippen LogP contribution in [0.1, 0.15) is 39.0 Å². The van der Waals surface area contributed by atoms with Gasteiger partial charge in [0.2, 0.25) is 0 Å². The molecule has 1 aliphatic heterocycles. The van der Waals surface area contributed by atoms with Crippen molar-refractivity contribution >= 4 is 5.97 Å². The maximum Gasteiger partial charge on any atom is 0.326 e. The summed E-state index contributed by atoms with van der Waals surface area (Å²) in [5.41, 5.74) is -0.468. The molecule has 0 radical (unpaired) electrons. The molecule has 3 unspecified atom stereocenters. The zero-order valence-corrected chi connectivity index (χ0v) is 14.0. The number of likely N-dealkylation sites (N-methyl/N-ethyl adjacent to an activating group) is 3. The van der Waals surface area contributed by atoms with Crippen molar-refractivity contribution in [2.45, 2.75) is 56.7 Å². The topological polar surface area (TPSA) is 44.8 Å². The van der Waals surface area contributed by atoms with Crippen LogP contribution in [0, 0.1) is 0 Å². The van der Waals surface area contributed by atoms with Gasteiger partial charge in [-0.2, -0.15) is 0 Å². The Morgan fingerprint density at radius 3 is 2.81 bits per heavy atom. The first-order valence-corrected chi connectivity index (χ1v) is 8.26. The van der Waals surface area contributed by atoms with Crippen LogP contribution in [0.5, 0.6) is 0 Å². The summed E-state index contributed by atoms with van der Waals surface area (Å²) < 4.78 is 5.04. The van der Waals surface area contributed by atoms with Crippen LogP contribution in [0.15, 0.2) is 0 Å². The average molecular weight is 297 g/mol. The molecule has 2 rings (SSSR count). The number of hydrogen-bond donors (Lipinski definition) is 1. The van der Waals surface area contributed by atoms with E-state index in [1.165, 1.54) is 26.5 Å². The van der Waals surface area contributed by atoms with Crippen molar-refractivity contribution in [3.63, 3.8) is 0 Å². The highest BCUT2D eigenvalue weighted by Crippen LogP contribution is 2.34. The number of esters is 1. The van der Waals surface area contributed by atoms with Crippen LogP contribution in [0.2, 0.25) is 0 Å². The van der Waals surface area contributed by atoms with Gasteiger partial charge in [-0.1, -0.05) is 6.92 Å². The zero-order valence-electron chi connectivity index (χ0n) is 14.0. The van der Waals surface area contributed by atoms with Crippen molar-refractivity contribution in [2.75, 3.05) is 40.8 Å². The highest BCUT2D eigenvalue weighted by molar-refractivity contribution is 5.81. The van der Waals surface area contributed by atoms with E-state index in [1.807, 2.05) is 0 Å². The molecule has 0 aromatic carbocycles. The van der Waals surface area contributed by atoms with Gasteiger partial charge in [0.15, 0.2) is 0 Å². The largest absolute Gasteiger partial charge is 0.468 e. The number of hydrogen-bond acceptors (Lipinski definition) is 5. The lowest BCUT2D eigenvalue weighted by Crippen LogP contribution is -2.52. The smallest absolute Gasteiger partial charge is 0.326 e. The first-order valence-electron chi connectivity index (χ1n) is 8.26. The molecule has 21 heavy (non-hydrogen) atoms. The molecule has 1 aliphatic carbocycles. The predicted molar refractivity (Wildman–Crippen MR) is 84.3 cm³/mol. The fourth-order valence-electron chi connectivity index (χ4n) is 4.04. The van der Waals surface area contributed by atoms with E-state index >= 15 is 0 Å². The fourth-order valence-corrected chi connectivity index (χ4v) is 4.04. The van der Waals surface area contributed by atoms with E-state index in [0.29, 0.717) is 12.1 Å². The third kappa shape index (κ3) is 3.58. The number of carbonyl (C=O) groups is 1. The molecule has 1 saturated carbocycles. The summed E-state index contributed by atoms with van der Waals surface area (Å²) in [6.07, 6.45) is 5.41. The molecule has 1 saturated heterocycles. The number of nitrogens with zero attached hydrogens (tertiary/aromatic N) is 2. The number of methoxy groups -OCH3 is 1. The molecule has 0 aromatic rings. The van der Waals surface area contributed by atoms with Crippen molar-refractivity contribution in [3.8, 4) is 0 Å². The maximum absolute atomic E-state index is 12.2. The van der Waals surface area contributed by atoms with Gasteiger partial charge < -0.3 is 19.9 Å². The van der Waals surface area contributed by atoms with E-state index in [2.05, 4.69) is 36.1 Å². The van der Waals surface area contributed by atoms with Crippen LogP contribution >= 0.6 is 0 Å². The van der Waals surface area contributed by atoms with Crippen LogP contribution < -0.4 is 5.32 Å². The number of carbonyl (C=O) groups excluding carboxylic acids is 1. The Kier molecular flexibility index (Phi) is 5.63. The van der Waals surface area contributed by atoms with Crippen LogP contribution in [-0.2, 0) is 9.53 Å². The Morgan fingerprint density at radius 1 is 1.48 bits per heavy atom. The van der Waals surface area contributed by atoms with Crippen molar-refractivity contribution in [1.82, 2.24) is 15.1 Å². The molecule has 0 bridgehead atoms. The minimum Gasteiger partial charge on any atom is -0.468 e. The fraction of sp³-hybridized carbons (Fsp3) is 0.938. The molecular formula is C16H31N3O2. The molecule has 2 fully saturated rings. The molecule has 1 heterocycles. The number of rotatable bonds is 6. The van der Waals surface area contributed by atoms with Crippen LogP contribution in [0.25, 0.3) is 0 Å². The van der Waals surface area contributed by atoms with E-state index in [-0.39, 0.29) is 5.97 Å². The van der Waals surface area contributed by atoms with Crippen molar-refractivity contribution in [2.24, 2.45) is 0 Å². The van der Waals surface area contributed by atoms with Gasteiger partial charge in [0.05, 0.1) is 7.11 Å². The monoisotopic (exact) mass is 297 g/mol. The molecule has 0 aromatic heterocycles. The Labute approximate surface area is 129 Å². The Morgan fingerprint density at radius 2 is 2.24 bits per heavy atom. The molecule has 5 heteroatoms. The van der Waals surface area contributed by atoms with E-state index in [1.54, 1.807) is 0 Å². The second-order valence-electron chi connectivity index (χ2n) is 6.72. The van der Waals surface area contributed by atoms with E-state index < -0.39 is 5.54 Å². The van der Waals surface area contributed by atoms with Crippen LogP contribution in [-0.4, -0.2) is 74.2 Å². The lowest BCUT2D eigenvalue weighted by Gasteiger charge is -2.32. The summed E-state index contributed by atoms with van der Waals surface area (Å²) in [5, 5.41) is 3.38. The van der Waals surface area contributed by atoms with E-state index in [9.17, 15) is 4.79 Å². The molecule has 1 N–H and O–H groups in total. The Bertz CT molecular complexity index is 363. The summed E-state index contributed by atoms with van der Waals surface area (Å²) in [7, 11) is 5.92. The molecule has 3 atom stereocenters. The number of likely N-dealkylation sites (tertiary alicyclic amines) is 1. The van der Waals surface area contributed by atoms with Gasteiger partial charge >= 0.3 is 5.97 Å². The first-order chi connectivity index (χ1) is 10.0. The second kappa shape index (κ2) is 7.07.